The molecule has 1 aliphatic heterocycles. The van der Waals surface area contributed by atoms with E-state index in [4.69, 9.17) is 4.84 Å². The number of nitrogens with zero attached hydrogens (tertiary/aromatic N) is 4. The van der Waals surface area contributed by atoms with Crippen LogP contribution in [0, 0.1) is 0 Å². The van der Waals surface area contributed by atoms with E-state index in [1.54, 1.807) is 33.4 Å². The minimum Gasteiger partial charge on any atom is -0.330 e. The van der Waals surface area contributed by atoms with Gasteiger partial charge in [-0.15, -0.1) is 0 Å². The summed E-state index contributed by atoms with van der Waals surface area (Å²) in [5, 5.41) is 3.06. The SMILES string of the molecule is O=C(CCC(=O)ON1C(=O)c2ccccc2C1=O)Nc1ccc2c(n1)n(Cc1ccccc1)c(=O)n2Cc1ccccc1. The molecule has 2 aromatic heterocycles. The van der Waals surface area contributed by atoms with E-state index >= 15 is 0 Å². The number of hydrogen-bond donors (Lipinski definition) is 1. The lowest BCUT2D eigenvalue weighted by atomic mass is 10.1. The highest BCUT2D eigenvalue weighted by atomic mass is 16.7. The van der Waals surface area contributed by atoms with Crippen molar-refractivity contribution in [2.75, 3.05) is 5.32 Å². The fraction of sp³-hybridized carbons (Fsp3) is 0.125. The first-order valence-electron chi connectivity index (χ1n) is 13.6. The Bertz CT molecular complexity index is 1900. The van der Waals surface area contributed by atoms with E-state index in [9.17, 15) is 24.0 Å². The van der Waals surface area contributed by atoms with Gasteiger partial charge in [-0.2, -0.15) is 0 Å². The van der Waals surface area contributed by atoms with Crippen LogP contribution in [0.25, 0.3) is 11.2 Å². The number of hydroxylamine groups is 2. The van der Waals surface area contributed by atoms with E-state index in [0.29, 0.717) is 22.8 Å². The van der Waals surface area contributed by atoms with Gasteiger partial charge in [0.2, 0.25) is 5.91 Å². The number of carbonyl (C=O) groups excluding carboxylic acids is 4. The summed E-state index contributed by atoms with van der Waals surface area (Å²) in [7, 11) is 0. The van der Waals surface area contributed by atoms with Crippen molar-refractivity contribution in [1.82, 2.24) is 19.2 Å². The minimum atomic E-state index is -0.914. The van der Waals surface area contributed by atoms with Crippen LogP contribution in [0.5, 0.6) is 0 Å². The van der Waals surface area contributed by atoms with Crippen LogP contribution in [0.1, 0.15) is 44.7 Å². The first-order chi connectivity index (χ1) is 20.9. The summed E-state index contributed by atoms with van der Waals surface area (Å²) in [6.07, 6.45) is -0.665. The maximum Gasteiger partial charge on any atom is 0.333 e. The van der Waals surface area contributed by atoms with E-state index in [2.05, 4.69) is 10.3 Å². The number of anilines is 1. The van der Waals surface area contributed by atoms with Crippen molar-refractivity contribution in [2.45, 2.75) is 25.9 Å². The second-order valence-electron chi connectivity index (χ2n) is 9.93. The molecular formula is C32H25N5O6. The summed E-state index contributed by atoms with van der Waals surface area (Å²) < 4.78 is 3.20. The number of rotatable bonds is 9. The lowest BCUT2D eigenvalue weighted by Crippen LogP contribution is -2.32. The maximum atomic E-state index is 13.6. The summed E-state index contributed by atoms with van der Waals surface area (Å²) in [6, 6.07) is 28.6. The highest BCUT2D eigenvalue weighted by Gasteiger charge is 2.38. The molecule has 43 heavy (non-hydrogen) atoms. The fourth-order valence-corrected chi connectivity index (χ4v) is 4.91. The van der Waals surface area contributed by atoms with Gasteiger partial charge in [0.1, 0.15) is 5.82 Å². The summed E-state index contributed by atoms with van der Waals surface area (Å²) in [4.78, 5) is 73.0. The number of carbonyl (C=O) groups is 4. The smallest absolute Gasteiger partial charge is 0.330 e. The van der Waals surface area contributed by atoms with E-state index < -0.39 is 23.7 Å². The van der Waals surface area contributed by atoms with Gasteiger partial charge in [-0.3, -0.25) is 23.5 Å². The predicted molar refractivity (Wildman–Crippen MR) is 156 cm³/mol. The molecular weight excluding hydrogens is 550 g/mol. The third-order valence-corrected chi connectivity index (χ3v) is 7.00. The van der Waals surface area contributed by atoms with E-state index in [1.807, 2.05) is 60.7 Å². The molecule has 214 valence electrons. The van der Waals surface area contributed by atoms with Crippen molar-refractivity contribution >= 4 is 40.7 Å². The molecule has 11 heteroatoms. The molecule has 0 fully saturated rings. The van der Waals surface area contributed by atoms with Crippen molar-refractivity contribution in [3.8, 4) is 0 Å². The molecule has 0 unspecified atom stereocenters. The van der Waals surface area contributed by atoms with Crippen molar-refractivity contribution < 1.29 is 24.0 Å². The largest absolute Gasteiger partial charge is 0.333 e. The van der Waals surface area contributed by atoms with E-state index in [0.717, 1.165) is 11.1 Å². The Hall–Kier alpha value is -5.84. The van der Waals surface area contributed by atoms with Crippen LogP contribution in [-0.2, 0) is 27.5 Å². The van der Waals surface area contributed by atoms with E-state index in [-0.39, 0.29) is 42.0 Å². The number of imidazole rings is 1. The molecule has 0 aliphatic carbocycles. The number of amides is 3. The topological polar surface area (TPSA) is 133 Å². The molecule has 0 atom stereocenters. The van der Waals surface area contributed by atoms with Gasteiger partial charge in [-0.1, -0.05) is 77.9 Å². The lowest BCUT2D eigenvalue weighted by molar-refractivity contribution is -0.168. The number of pyridine rings is 1. The predicted octanol–water partition coefficient (Wildman–Crippen LogP) is 3.77. The van der Waals surface area contributed by atoms with E-state index in [1.165, 1.54) is 12.1 Å². The quantitative estimate of drug-likeness (QED) is 0.265. The van der Waals surface area contributed by atoms with Gasteiger partial charge < -0.3 is 10.2 Å². The Morgan fingerprint density at radius 3 is 1.84 bits per heavy atom. The van der Waals surface area contributed by atoms with Gasteiger partial charge in [-0.05, 0) is 35.4 Å². The zero-order valence-electron chi connectivity index (χ0n) is 22.8. The van der Waals surface area contributed by atoms with Crippen LogP contribution >= 0.6 is 0 Å². The van der Waals surface area contributed by atoms with Crippen LogP contribution < -0.4 is 11.0 Å². The Morgan fingerprint density at radius 2 is 1.23 bits per heavy atom. The first-order valence-corrected chi connectivity index (χ1v) is 13.6. The molecule has 0 saturated heterocycles. The van der Waals surface area contributed by atoms with Gasteiger partial charge >= 0.3 is 11.7 Å². The number of hydrogen-bond acceptors (Lipinski definition) is 7. The molecule has 0 radical (unpaired) electrons. The first kappa shape index (κ1) is 27.3. The summed E-state index contributed by atoms with van der Waals surface area (Å²) in [5.74, 6) is -2.73. The third-order valence-electron chi connectivity index (χ3n) is 7.00. The van der Waals surface area contributed by atoms with Crippen molar-refractivity contribution in [1.29, 1.82) is 0 Å². The number of benzene rings is 3. The minimum absolute atomic E-state index is 0.142. The second-order valence-corrected chi connectivity index (χ2v) is 9.93. The molecule has 6 rings (SSSR count). The molecule has 5 aromatic rings. The van der Waals surface area contributed by atoms with Crippen molar-refractivity contribution in [2.24, 2.45) is 0 Å². The monoisotopic (exact) mass is 575 g/mol. The fourth-order valence-electron chi connectivity index (χ4n) is 4.91. The summed E-state index contributed by atoms with van der Waals surface area (Å²) >= 11 is 0. The van der Waals surface area contributed by atoms with Gasteiger partial charge in [0, 0.05) is 6.42 Å². The summed E-state index contributed by atoms with van der Waals surface area (Å²) in [6.45, 7) is 0.632. The molecule has 3 amide bonds. The standard InChI is InChI=1S/C32H25N5O6/c38-27(17-18-28(39)43-37-30(40)23-13-7-8-14-24(23)31(37)41)33-26-16-15-25-29(34-26)36(20-22-11-5-2-6-12-22)32(42)35(25)19-21-9-3-1-4-10-21/h1-16H,17-20H2,(H,33,34,38). The van der Waals surface area contributed by atoms with Crippen LogP contribution in [0.2, 0.25) is 0 Å². The molecule has 3 heterocycles. The second kappa shape index (κ2) is 11.6. The van der Waals surface area contributed by atoms with Crippen LogP contribution in [0.4, 0.5) is 5.82 Å². The number of fused-ring (bicyclic) bond motifs is 2. The zero-order valence-corrected chi connectivity index (χ0v) is 22.8. The molecule has 0 bridgehead atoms. The Kier molecular flexibility index (Phi) is 7.35. The van der Waals surface area contributed by atoms with Crippen molar-refractivity contribution in [3.63, 3.8) is 0 Å². The number of nitrogens with one attached hydrogen (secondary N) is 1. The molecule has 0 spiro atoms. The zero-order chi connectivity index (χ0) is 29.9. The highest BCUT2D eigenvalue weighted by molar-refractivity contribution is 6.20. The number of imide groups is 1. The Balaban J connectivity index is 1.17. The number of aromatic nitrogens is 3. The molecule has 11 nitrogen and oxygen atoms in total. The molecule has 1 N–H and O–H groups in total. The molecule has 3 aromatic carbocycles. The maximum absolute atomic E-state index is 13.6. The average molecular weight is 576 g/mol. The summed E-state index contributed by atoms with van der Waals surface area (Å²) in [5.41, 5.74) is 2.91. The lowest BCUT2D eigenvalue weighted by Gasteiger charge is -2.12. The van der Waals surface area contributed by atoms with Crippen LogP contribution in [0.15, 0.2) is 102 Å². The average Bonchev–Trinajstić information content (AvgIpc) is 3.42. The molecule has 1 aliphatic rings. The third kappa shape index (κ3) is 5.55. The Morgan fingerprint density at radius 1 is 0.674 bits per heavy atom. The Labute approximate surface area is 244 Å². The van der Waals surface area contributed by atoms with Gasteiger partial charge in [0.15, 0.2) is 5.65 Å². The normalized spacial score (nSPS) is 12.4. The highest BCUT2D eigenvalue weighted by Crippen LogP contribution is 2.23. The van der Waals surface area contributed by atoms with Gasteiger partial charge in [0.25, 0.3) is 11.8 Å². The van der Waals surface area contributed by atoms with Gasteiger partial charge in [-0.25, -0.2) is 14.6 Å². The van der Waals surface area contributed by atoms with Crippen LogP contribution in [-0.4, -0.2) is 42.9 Å². The van der Waals surface area contributed by atoms with Crippen LogP contribution in [0.3, 0.4) is 0 Å². The van der Waals surface area contributed by atoms with Gasteiger partial charge in [0.05, 0.1) is 36.2 Å². The van der Waals surface area contributed by atoms with Crippen molar-refractivity contribution in [3.05, 3.63) is 130 Å². The molecule has 0 saturated carbocycles.